The molecule has 0 aliphatic heterocycles. The first-order valence-electron chi connectivity index (χ1n) is 8.14. The molecule has 0 heterocycles. The fourth-order valence-electron chi connectivity index (χ4n) is 2.95. The third-order valence-corrected chi connectivity index (χ3v) is 4.35. The van der Waals surface area contributed by atoms with E-state index in [1.807, 2.05) is 43.3 Å². The summed E-state index contributed by atoms with van der Waals surface area (Å²) in [5.41, 5.74) is 4.54. The highest BCUT2D eigenvalue weighted by Gasteiger charge is 2.16. The molecule has 0 saturated heterocycles. The maximum atomic E-state index is 12.3. The molecule has 124 valence electrons. The van der Waals surface area contributed by atoms with E-state index in [-0.39, 0.29) is 12.4 Å². The second-order valence-corrected chi connectivity index (χ2v) is 6.28. The number of hydrogen-bond acceptors (Lipinski definition) is 4. The van der Waals surface area contributed by atoms with Crippen LogP contribution >= 0.6 is 0 Å². The summed E-state index contributed by atoms with van der Waals surface area (Å²) in [6, 6.07) is 12.9. The van der Waals surface area contributed by atoms with Gasteiger partial charge in [-0.3, -0.25) is 4.79 Å². The average Bonchev–Trinajstić information content (AvgIpc) is 3.07. The van der Waals surface area contributed by atoms with Crippen LogP contribution in [0.1, 0.15) is 38.3 Å². The fourth-order valence-corrected chi connectivity index (χ4v) is 2.95. The predicted molar refractivity (Wildman–Crippen MR) is 93.8 cm³/mol. The molecular weight excluding hydrogens is 302 g/mol. The van der Waals surface area contributed by atoms with Gasteiger partial charge in [0, 0.05) is 25.3 Å². The van der Waals surface area contributed by atoms with Gasteiger partial charge in [-0.15, -0.1) is 0 Å². The first-order chi connectivity index (χ1) is 11.5. The number of nitrogens with zero attached hydrogens (tertiary/aromatic N) is 1. The Morgan fingerprint density at radius 3 is 2.58 bits per heavy atom. The standard InChI is InChI=1S/C20H21NO3/c1-21(2)18-8-4-7-17(12-18)20(23)24-13-19(22)16-10-9-14-5-3-6-15(14)11-16/h4,7-12H,3,5-6,13H2,1-2H3. The van der Waals surface area contributed by atoms with Gasteiger partial charge in [-0.1, -0.05) is 18.2 Å². The maximum Gasteiger partial charge on any atom is 0.338 e. The molecule has 0 N–H and O–H groups in total. The lowest BCUT2D eigenvalue weighted by atomic mass is 10.0. The highest BCUT2D eigenvalue weighted by molar-refractivity contribution is 5.99. The molecule has 0 bridgehead atoms. The Morgan fingerprint density at radius 1 is 1.00 bits per heavy atom. The molecule has 2 aromatic rings. The molecule has 4 nitrogen and oxygen atoms in total. The molecular formula is C20H21NO3. The number of Topliss-reactive ketones (excluding diaryl/α,β-unsaturated/α-hetero) is 1. The minimum Gasteiger partial charge on any atom is -0.454 e. The Bertz CT molecular complexity index is 780. The number of benzene rings is 2. The SMILES string of the molecule is CN(C)c1cccc(C(=O)OCC(=O)c2ccc3c(c2)CCC3)c1. The molecule has 0 fully saturated rings. The van der Waals surface area contributed by atoms with Crippen LogP contribution in [0.3, 0.4) is 0 Å². The molecule has 0 atom stereocenters. The number of hydrogen-bond donors (Lipinski definition) is 0. The molecule has 1 aliphatic carbocycles. The van der Waals surface area contributed by atoms with Crippen LogP contribution in [0, 0.1) is 0 Å². The number of esters is 1. The Balaban J connectivity index is 1.63. The summed E-state index contributed by atoms with van der Waals surface area (Å²) < 4.78 is 5.19. The molecule has 0 radical (unpaired) electrons. The first kappa shape index (κ1) is 16.2. The summed E-state index contributed by atoms with van der Waals surface area (Å²) in [7, 11) is 3.81. The van der Waals surface area contributed by atoms with Gasteiger partial charge in [0.25, 0.3) is 0 Å². The van der Waals surface area contributed by atoms with E-state index in [1.54, 1.807) is 18.2 Å². The van der Waals surface area contributed by atoms with Crippen molar-refractivity contribution in [2.24, 2.45) is 0 Å². The molecule has 0 amide bonds. The number of carbonyl (C=O) groups excluding carboxylic acids is 2. The van der Waals surface area contributed by atoms with Crippen molar-refractivity contribution in [3.05, 3.63) is 64.7 Å². The van der Waals surface area contributed by atoms with Crippen molar-refractivity contribution in [1.82, 2.24) is 0 Å². The number of carbonyl (C=O) groups is 2. The number of rotatable bonds is 5. The third kappa shape index (κ3) is 3.48. The maximum absolute atomic E-state index is 12.3. The van der Waals surface area contributed by atoms with E-state index in [4.69, 9.17) is 4.74 Å². The molecule has 0 unspecified atom stereocenters. The van der Waals surface area contributed by atoms with Gasteiger partial charge in [0.05, 0.1) is 5.56 Å². The topological polar surface area (TPSA) is 46.6 Å². The van der Waals surface area contributed by atoms with Crippen LogP contribution in [0.4, 0.5) is 5.69 Å². The fraction of sp³-hybridized carbons (Fsp3) is 0.300. The number of ketones is 1. The van der Waals surface area contributed by atoms with Crippen LogP contribution in [0.2, 0.25) is 0 Å². The van der Waals surface area contributed by atoms with Gasteiger partial charge in [-0.25, -0.2) is 4.79 Å². The summed E-state index contributed by atoms with van der Waals surface area (Å²) in [5.74, 6) is -0.643. The van der Waals surface area contributed by atoms with E-state index < -0.39 is 5.97 Å². The van der Waals surface area contributed by atoms with Crippen molar-refractivity contribution in [3.8, 4) is 0 Å². The molecule has 0 saturated carbocycles. The van der Waals surface area contributed by atoms with Crippen LogP contribution in [0.25, 0.3) is 0 Å². The number of fused-ring (bicyclic) bond motifs is 1. The molecule has 0 spiro atoms. The number of aryl methyl sites for hydroxylation is 2. The molecule has 1 aliphatic rings. The minimum atomic E-state index is -0.479. The van der Waals surface area contributed by atoms with E-state index >= 15 is 0 Å². The van der Waals surface area contributed by atoms with Crippen molar-refractivity contribution in [1.29, 1.82) is 0 Å². The van der Waals surface area contributed by atoms with Gasteiger partial charge in [-0.05, 0) is 54.7 Å². The zero-order chi connectivity index (χ0) is 17.1. The van der Waals surface area contributed by atoms with Gasteiger partial charge in [0.1, 0.15) is 0 Å². The highest BCUT2D eigenvalue weighted by atomic mass is 16.5. The number of anilines is 1. The Morgan fingerprint density at radius 2 is 1.79 bits per heavy atom. The van der Waals surface area contributed by atoms with Crippen LogP contribution in [-0.4, -0.2) is 32.5 Å². The van der Waals surface area contributed by atoms with E-state index in [0.29, 0.717) is 11.1 Å². The lowest BCUT2D eigenvalue weighted by Gasteiger charge is -2.13. The molecule has 3 rings (SSSR count). The Hall–Kier alpha value is -2.62. The van der Waals surface area contributed by atoms with Crippen LogP contribution in [-0.2, 0) is 17.6 Å². The van der Waals surface area contributed by atoms with Gasteiger partial charge < -0.3 is 9.64 Å². The lowest BCUT2D eigenvalue weighted by Crippen LogP contribution is -2.15. The first-order valence-corrected chi connectivity index (χ1v) is 8.14. The van der Waals surface area contributed by atoms with Crippen LogP contribution in [0.15, 0.2) is 42.5 Å². The normalized spacial score (nSPS) is 12.6. The van der Waals surface area contributed by atoms with E-state index in [2.05, 4.69) is 0 Å². The van der Waals surface area contributed by atoms with Crippen molar-refractivity contribution in [3.63, 3.8) is 0 Å². The molecule has 2 aromatic carbocycles. The quantitative estimate of drug-likeness (QED) is 0.626. The average molecular weight is 323 g/mol. The summed E-state index contributed by atoms with van der Waals surface area (Å²) in [6.07, 6.45) is 3.25. The third-order valence-electron chi connectivity index (χ3n) is 4.35. The summed E-state index contributed by atoms with van der Waals surface area (Å²) in [6.45, 7) is -0.232. The van der Waals surface area contributed by atoms with Gasteiger partial charge >= 0.3 is 5.97 Å². The molecule has 24 heavy (non-hydrogen) atoms. The number of ether oxygens (including phenoxy) is 1. The smallest absolute Gasteiger partial charge is 0.338 e. The molecule has 4 heteroatoms. The van der Waals surface area contributed by atoms with Gasteiger partial charge in [-0.2, -0.15) is 0 Å². The second kappa shape index (κ2) is 6.87. The summed E-state index contributed by atoms with van der Waals surface area (Å²) in [5, 5.41) is 0. The van der Waals surface area contributed by atoms with Crippen LogP contribution < -0.4 is 4.90 Å². The molecule has 0 aromatic heterocycles. The van der Waals surface area contributed by atoms with Crippen molar-refractivity contribution in [2.45, 2.75) is 19.3 Å². The van der Waals surface area contributed by atoms with Gasteiger partial charge in [0.2, 0.25) is 0 Å². The minimum absolute atomic E-state index is 0.165. The second-order valence-electron chi connectivity index (χ2n) is 6.28. The summed E-state index contributed by atoms with van der Waals surface area (Å²) in [4.78, 5) is 26.3. The van der Waals surface area contributed by atoms with Gasteiger partial charge in [0.15, 0.2) is 12.4 Å². The Kier molecular flexibility index (Phi) is 4.65. The largest absolute Gasteiger partial charge is 0.454 e. The van der Waals surface area contributed by atoms with E-state index in [9.17, 15) is 9.59 Å². The summed E-state index contributed by atoms with van der Waals surface area (Å²) >= 11 is 0. The highest BCUT2D eigenvalue weighted by Crippen LogP contribution is 2.23. The zero-order valence-electron chi connectivity index (χ0n) is 14.0. The monoisotopic (exact) mass is 323 g/mol. The predicted octanol–water partition coefficient (Wildman–Crippen LogP) is 3.28. The van der Waals surface area contributed by atoms with Crippen molar-refractivity contribution in [2.75, 3.05) is 25.6 Å². The Labute approximate surface area is 142 Å². The van der Waals surface area contributed by atoms with Crippen molar-refractivity contribution < 1.29 is 14.3 Å². The van der Waals surface area contributed by atoms with Crippen LogP contribution in [0.5, 0.6) is 0 Å². The lowest BCUT2D eigenvalue weighted by molar-refractivity contribution is 0.0475. The zero-order valence-corrected chi connectivity index (χ0v) is 14.0. The van der Waals surface area contributed by atoms with Crippen molar-refractivity contribution >= 4 is 17.4 Å². The van der Waals surface area contributed by atoms with E-state index in [0.717, 1.165) is 24.9 Å². The van der Waals surface area contributed by atoms with E-state index in [1.165, 1.54) is 11.1 Å².